The van der Waals surface area contributed by atoms with E-state index in [1.807, 2.05) is 37.3 Å². The first-order valence-electron chi connectivity index (χ1n) is 5.70. The van der Waals surface area contributed by atoms with Crippen LogP contribution in [0, 0.1) is 0 Å². The third-order valence-corrected chi connectivity index (χ3v) is 3.61. The summed E-state index contributed by atoms with van der Waals surface area (Å²) >= 11 is 0. The highest BCUT2D eigenvalue weighted by Crippen LogP contribution is 2.35. The predicted molar refractivity (Wildman–Crippen MR) is 62.5 cm³/mol. The Morgan fingerprint density at radius 1 is 1.44 bits per heavy atom. The Morgan fingerprint density at radius 2 is 2.12 bits per heavy atom. The first-order chi connectivity index (χ1) is 7.67. The van der Waals surface area contributed by atoms with Gasteiger partial charge in [-0.3, -0.25) is 4.79 Å². The van der Waals surface area contributed by atoms with Gasteiger partial charge < -0.3 is 10.4 Å². The first-order valence-corrected chi connectivity index (χ1v) is 5.70. The van der Waals surface area contributed by atoms with Crippen molar-refractivity contribution in [1.29, 1.82) is 0 Å². The third kappa shape index (κ3) is 1.71. The number of hydrogen-bond donors (Lipinski definition) is 2. The second kappa shape index (κ2) is 4.26. The molecule has 1 saturated heterocycles. The van der Waals surface area contributed by atoms with Crippen LogP contribution in [0.5, 0.6) is 0 Å². The normalized spacial score (nSPS) is 26.6. The van der Waals surface area contributed by atoms with Crippen LogP contribution in [0.3, 0.4) is 0 Å². The summed E-state index contributed by atoms with van der Waals surface area (Å²) in [6.45, 7) is 2.78. The molecule has 0 radical (unpaired) electrons. The molecule has 1 aliphatic rings. The Morgan fingerprint density at radius 3 is 2.62 bits per heavy atom. The summed E-state index contributed by atoms with van der Waals surface area (Å²) in [7, 11) is 0. The summed E-state index contributed by atoms with van der Waals surface area (Å²) in [5, 5.41) is 12.6. The fraction of sp³-hybridized carbons (Fsp3) is 0.462. The fourth-order valence-corrected chi connectivity index (χ4v) is 2.53. The van der Waals surface area contributed by atoms with Crippen molar-refractivity contribution in [2.75, 3.05) is 6.54 Å². The Balaban J connectivity index is 2.31. The van der Waals surface area contributed by atoms with E-state index >= 15 is 0 Å². The van der Waals surface area contributed by atoms with E-state index in [4.69, 9.17) is 0 Å². The van der Waals surface area contributed by atoms with Crippen molar-refractivity contribution in [3.8, 4) is 0 Å². The molecule has 0 saturated carbocycles. The van der Waals surface area contributed by atoms with Gasteiger partial charge in [0.25, 0.3) is 0 Å². The number of carboxylic acid groups (broad SMARTS) is 1. The molecule has 1 aromatic carbocycles. The molecule has 3 heteroatoms. The summed E-state index contributed by atoms with van der Waals surface area (Å²) in [5.41, 5.74) is 0.306. The van der Waals surface area contributed by atoms with Gasteiger partial charge in [0.2, 0.25) is 0 Å². The number of rotatable bonds is 3. The number of nitrogens with one attached hydrogen (secondary N) is 1. The summed E-state index contributed by atoms with van der Waals surface area (Å²) in [4.78, 5) is 11.5. The van der Waals surface area contributed by atoms with Gasteiger partial charge in [0.05, 0.1) is 0 Å². The molecular formula is C13H17NO2. The molecule has 0 spiro atoms. The maximum Gasteiger partial charge on any atom is 0.324 e. The predicted octanol–water partition coefficient (Wildman–Crippen LogP) is 2.00. The van der Waals surface area contributed by atoms with Gasteiger partial charge >= 0.3 is 5.97 Å². The lowest BCUT2D eigenvalue weighted by molar-refractivity contribution is -0.145. The van der Waals surface area contributed by atoms with Gasteiger partial charge in [-0.2, -0.15) is 0 Å². The second-order valence-electron chi connectivity index (χ2n) is 4.44. The summed E-state index contributed by atoms with van der Waals surface area (Å²) in [6, 6.07) is 9.85. The molecule has 0 bridgehead atoms. The van der Waals surface area contributed by atoms with Crippen LogP contribution in [-0.4, -0.2) is 23.2 Å². The number of carboxylic acids is 1. The van der Waals surface area contributed by atoms with Crippen molar-refractivity contribution in [2.45, 2.75) is 31.2 Å². The van der Waals surface area contributed by atoms with Crippen LogP contribution in [0.1, 0.15) is 31.2 Å². The van der Waals surface area contributed by atoms with Crippen LogP contribution in [0.4, 0.5) is 0 Å². The van der Waals surface area contributed by atoms with Crippen LogP contribution in [0.2, 0.25) is 0 Å². The van der Waals surface area contributed by atoms with Gasteiger partial charge in [0.15, 0.2) is 0 Å². The van der Waals surface area contributed by atoms with Gasteiger partial charge in [0.1, 0.15) is 5.54 Å². The molecule has 0 amide bonds. The van der Waals surface area contributed by atoms with Crippen LogP contribution in [0.15, 0.2) is 30.3 Å². The van der Waals surface area contributed by atoms with E-state index in [1.165, 1.54) is 0 Å². The van der Waals surface area contributed by atoms with E-state index in [1.54, 1.807) is 0 Å². The molecule has 1 unspecified atom stereocenters. The maximum absolute atomic E-state index is 11.5. The Kier molecular flexibility index (Phi) is 2.97. The van der Waals surface area contributed by atoms with Crippen molar-refractivity contribution in [2.24, 2.45) is 0 Å². The van der Waals surface area contributed by atoms with Crippen LogP contribution >= 0.6 is 0 Å². The molecule has 2 N–H and O–H groups in total. The van der Waals surface area contributed by atoms with E-state index in [-0.39, 0.29) is 5.92 Å². The maximum atomic E-state index is 11.5. The highest BCUT2D eigenvalue weighted by Gasteiger charge is 2.46. The number of benzene rings is 1. The average molecular weight is 219 g/mol. The smallest absolute Gasteiger partial charge is 0.324 e. The molecule has 2 atom stereocenters. The third-order valence-electron chi connectivity index (χ3n) is 3.61. The molecule has 0 aliphatic carbocycles. The second-order valence-corrected chi connectivity index (χ2v) is 4.44. The van der Waals surface area contributed by atoms with Gasteiger partial charge in [-0.15, -0.1) is 0 Å². The average Bonchev–Trinajstić information content (AvgIpc) is 2.79. The standard InChI is InChI=1S/C13H17NO2/c1-10(11-6-3-2-4-7-11)13(12(15)16)8-5-9-14-13/h2-4,6-7,10,14H,5,8-9H2,1H3,(H,15,16)/t10?,13-/m1/s1. The lowest BCUT2D eigenvalue weighted by Crippen LogP contribution is -2.51. The summed E-state index contributed by atoms with van der Waals surface area (Å²) in [6.07, 6.45) is 1.64. The lowest BCUT2D eigenvalue weighted by Gasteiger charge is -2.31. The summed E-state index contributed by atoms with van der Waals surface area (Å²) in [5.74, 6) is -0.741. The molecule has 1 fully saturated rings. The quantitative estimate of drug-likeness (QED) is 0.817. The molecule has 86 valence electrons. The molecule has 2 rings (SSSR count). The zero-order chi connectivity index (χ0) is 11.6. The van der Waals surface area contributed by atoms with Crippen molar-refractivity contribution in [3.05, 3.63) is 35.9 Å². The van der Waals surface area contributed by atoms with Gasteiger partial charge in [-0.1, -0.05) is 37.3 Å². The van der Waals surface area contributed by atoms with Crippen LogP contribution in [0.25, 0.3) is 0 Å². The van der Waals surface area contributed by atoms with Crippen LogP contribution < -0.4 is 5.32 Å². The SMILES string of the molecule is CC(c1ccccc1)[C@@]1(C(=O)O)CCCN1. The van der Waals surface area contributed by atoms with Crippen molar-refractivity contribution in [3.63, 3.8) is 0 Å². The highest BCUT2D eigenvalue weighted by molar-refractivity contribution is 5.80. The molecule has 1 aromatic rings. The van der Waals surface area contributed by atoms with Gasteiger partial charge in [0, 0.05) is 5.92 Å². The monoisotopic (exact) mass is 219 g/mol. The minimum Gasteiger partial charge on any atom is -0.480 e. The molecule has 1 aliphatic heterocycles. The molecular weight excluding hydrogens is 202 g/mol. The van der Waals surface area contributed by atoms with Gasteiger partial charge in [-0.25, -0.2) is 0 Å². The summed E-state index contributed by atoms with van der Waals surface area (Å²) < 4.78 is 0. The van der Waals surface area contributed by atoms with E-state index in [0.717, 1.165) is 18.5 Å². The van der Waals surface area contributed by atoms with Crippen molar-refractivity contribution < 1.29 is 9.90 Å². The van der Waals surface area contributed by atoms with Crippen molar-refractivity contribution >= 4 is 5.97 Å². The minimum atomic E-state index is -0.776. The molecule has 16 heavy (non-hydrogen) atoms. The van der Waals surface area contributed by atoms with Crippen molar-refractivity contribution in [1.82, 2.24) is 5.32 Å². The number of hydrogen-bond acceptors (Lipinski definition) is 2. The molecule has 3 nitrogen and oxygen atoms in total. The van der Waals surface area contributed by atoms with E-state index in [0.29, 0.717) is 6.42 Å². The highest BCUT2D eigenvalue weighted by atomic mass is 16.4. The lowest BCUT2D eigenvalue weighted by atomic mass is 9.79. The number of carbonyl (C=O) groups is 1. The Labute approximate surface area is 95.5 Å². The zero-order valence-electron chi connectivity index (χ0n) is 9.44. The molecule has 0 aromatic heterocycles. The fourth-order valence-electron chi connectivity index (χ4n) is 2.53. The topological polar surface area (TPSA) is 49.3 Å². The molecule has 1 heterocycles. The Bertz CT molecular complexity index is 369. The van der Waals surface area contributed by atoms with Gasteiger partial charge in [-0.05, 0) is 24.9 Å². The first kappa shape index (κ1) is 11.1. The van der Waals surface area contributed by atoms with E-state index < -0.39 is 11.5 Å². The van der Waals surface area contributed by atoms with E-state index in [9.17, 15) is 9.90 Å². The minimum absolute atomic E-state index is 0.00583. The number of aliphatic carboxylic acids is 1. The zero-order valence-corrected chi connectivity index (χ0v) is 9.44. The van der Waals surface area contributed by atoms with E-state index in [2.05, 4.69) is 5.32 Å². The van der Waals surface area contributed by atoms with Crippen LogP contribution in [-0.2, 0) is 4.79 Å². The largest absolute Gasteiger partial charge is 0.480 e. The Hall–Kier alpha value is -1.35.